The average Bonchev–Trinajstić information content (AvgIpc) is 3.10. The van der Waals surface area contributed by atoms with Crippen LogP contribution < -0.4 is 10.1 Å². The Kier molecular flexibility index (Phi) is 5.75. The number of thioether (sulfide) groups is 1. The van der Waals surface area contributed by atoms with Gasteiger partial charge in [0.15, 0.2) is 0 Å². The van der Waals surface area contributed by atoms with Gasteiger partial charge in [0.05, 0.1) is 23.7 Å². The lowest BCUT2D eigenvalue weighted by Crippen LogP contribution is -2.23. The van der Waals surface area contributed by atoms with E-state index in [4.69, 9.17) is 4.74 Å². The zero-order valence-electron chi connectivity index (χ0n) is 15.6. The van der Waals surface area contributed by atoms with E-state index in [1.54, 1.807) is 11.8 Å². The Labute approximate surface area is 162 Å². The number of aromatic nitrogens is 4. The zero-order chi connectivity index (χ0) is 19.4. The van der Waals surface area contributed by atoms with Gasteiger partial charge in [0.2, 0.25) is 11.1 Å². The second-order valence-electron chi connectivity index (χ2n) is 6.17. The number of aryl methyl sites for hydroxylation is 2. The predicted octanol–water partition coefficient (Wildman–Crippen LogP) is 3.41. The molecule has 0 aliphatic heterocycles. The van der Waals surface area contributed by atoms with Crippen LogP contribution in [0.5, 0.6) is 5.75 Å². The van der Waals surface area contributed by atoms with Crippen molar-refractivity contribution in [2.24, 2.45) is 0 Å². The summed E-state index contributed by atoms with van der Waals surface area (Å²) in [6.45, 7) is 5.78. The number of carbonyl (C=O) groups is 1. The van der Waals surface area contributed by atoms with Gasteiger partial charge in [-0.1, -0.05) is 30.0 Å². The van der Waals surface area contributed by atoms with Crippen LogP contribution in [-0.2, 0) is 4.79 Å². The molecular formula is C19H21N5O2S. The van der Waals surface area contributed by atoms with E-state index in [0.29, 0.717) is 16.6 Å². The smallest absolute Gasteiger partial charge is 0.237 e. The SMILES string of the molecule is COc1ccc(C)cc1NC(=O)C(C)Sc1nnnn1-c1cccc(C)c1. The van der Waals surface area contributed by atoms with Crippen molar-refractivity contribution in [1.82, 2.24) is 20.2 Å². The Hall–Kier alpha value is -2.87. The summed E-state index contributed by atoms with van der Waals surface area (Å²) in [5.74, 6) is 0.471. The van der Waals surface area contributed by atoms with Crippen molar-refractivity contribution in [3.8, 4) is 11.4 Å². The molecular weight excluding hydrogens is 362 g/mol. The van der Waals surface area contributed by atoms with Gasteiger partial charge in [-0.25, -0.2) is 0 Å². The first-order chi connectivity index (χ1) is 13.0. The van der Waals surface area contributed by atoms with Crippen molar-refractivity contribution in [3.63, 3.8) is 0 Å². The molecule has 0 aliphatic carbocycles. The van der Waals surface area contributed by atoms with Gasteiger partial charge in [-0.15, -0.1) is 5.10 Å². The number of hydrogen-bond donors (Lipinski definition) is 1. The van der Waals surface area contributed by atoms with Gasteiger partial charge >= 0.3 is 0 Å². The van der Waals surface area contributed by atoms with E-state index in [0.717, 1.165) is 16.8 Å². The molecule has 3 rings (SSSR count). The molecule has 1 aromatic heterocycles. The van der Waals surface area contributed by atoms with Crippen LogP contribution in [0.15, 0.2) is 47.6 Å². The number of methoxy groups -OCH3 is 1. The summed E-state index contributed by atoms with van der Waals surface area (Å²) in [6, 6.07) is 13.5. The summed E-state index contributed by atoms with van der Waals surface area (Å²) in [7, 11) is 1.58. The maximum atomic E-state index is 12.7. The first kappa shape index (κ1) is 18.9. The normalized spacial score (nSPS) is 11.9. The number of nitrogens with one attached hydrogen (secondary N) is 1. The highest BCUT2D eigenvalue weighted by atomic mass is 32.2. The Morgan fingerprint density at radius 3 is 2.70 bits per heavy atom. The molecule has 0 radical (unpaired) electrons. The van der Waals surface area contributed by atoms with Gasteiger partial charge in [0, 0.05) is 0 Å². The Bertz CT molecular complexity index is 957. The lowest BCUT2D eigenvalue weighted by Gasteiger charge is -2.14. The average molecular weight is 383 g/mol. The highest BCUT2D eigenvalue weighted by Gasteiger charge is 2.20. The van der Waals surface area contributed by atoms with Gasteiger partial charge < -0.3 is 10.1 Å². The number of hydrogen-bond acceptors (Lipinski definition) is 6. The van der Waals surface area contributed by atoms with Crippen LogP contribution in [0.25, 0.3) is 5.69 Å². The predicted molar refractivity (Wildman–Crippen MR) is 106 cm³/mol. The summed E-state index contributed by atoms with van der Waals surface area (Å²) in [4.78, 5) is 12.7. The number of amides is 1. The van der Waals surface area contributed by atoms with Gasteiger partial charge in [-0.3, -0.25) is 4.79 Å². The monoisotopic (exact) mass is 383 g/mol. The fraction of sp³-hybridized carbons (Fsp3) is 0.263. The Morgan fingerprint density at radius 1 is 1.19 bits per heavy atom. The van der Waals surface area contributed by atoms with Crippen LogP contribution >= 0.6 is 11.8 Å². The summed E-state index contributed by atoms with van der Waals surface area (Å²) >= 11 is 1.30. The van der Waals surface area contributed by atoms with Crippen molar-refractivity contribution >= 4 is 23.4 Å². The second-order valence-corrected chi connectivity index (χ2v) is 7.47. The third-order valence-corrected chi connectivity index (χ3v) is 4.98. The van der Waals surface area contributed by atoms with Crippen molar-refractivity contribution in [2.75, 3.05) is 12.4 Å². The molecule has 0 spiro atoms. The molecule has 1 N–H and O–H groups in total. The van der Waals surface area contributed by atoms with Crippen molar-refractivity contribution < 1.29 is 9.53 Å². The molecule has 2 aromatic carbocycles. The number of nitrogens with zero attached hydrogens (tertiary/aromatic N) is 4. The number of ether oxygens (including phenoxy) is 1. The van der Waals surface area contributed by atoms with Crippen molar-refractivity contribution in [2.45, 2.75) is 31.2 Å². The van der Waals surface area contributed by atoms with Gasteiger partial charge in [0.1, 0.15) is 5.75 Å². The van der Waals surface area contributed by atoms with Crippen LogP contribution in [0, 0.1) is 13.8 Å². The topological polar surface area (TPSA) is 81.9 Å². The Balaban J connectivity index is 1.75. The van der Waals surface area contributed by atoms with Crippen LogP contribution in [0.4, 0.5) is 5.69 Å². The third kappa shape index (κ3) is 4.46. The minimum atomic E-state index is -0.398. The third-order valence-electron chi connectivity index (χ3n) is 3.95. The van der Waals surface area contributed by atoms with Gasteiger partial charge in [0.25, 0.3) is 0 Å². The van der Waals surface area contributed by atoms with Crippen LogP contribution in [0.3, 0.4) is 0 Å². The van der Waals surface area contributed by atoms with E-state index in [1.165, 1.54) is 11.8 Å². The molecule has 1 heterocycles. The molecule has 1 amide bonds. The molecule has 1 unspecified atom stereocenters. The quantitative estimate of drug-likeness (QED) is 0.657. The maximum absolute atomic E-state index is 12.7. The molecule has 27 heavy (non-hydrogen) atoms. The zero-order valence-corrected chi connectivity index (χ0v) is 16.4. The summed E-state index contributed by atoms with van der Waals surface area (Å²) < 4.78 is 6.95. The van der Waals surface area contributed by atoms with E-state index < -0.39 is 5.25 Å². The molecule has 7 nitrogen and oxygen atoms in total. The minimum absolute atomic E-state index is 0.150. The molecule has 0 saturated carbocycles. The van der Waals surface area contributed by atoms with E-state index in [9.17, 15) is 4.79 Å². The molecule has 1 atom stereocenters. The highest BCUT2D eigenvalue weighted by Crippen LogP contribution is 2.28. The van der Waals surface area contributed by atoms with Crippen molar-refractivity contribution in [3.05, 3.63) is 53.6 Å². The molecule has 0 bridgehead atoms. The molecule has 0 aliphatic rings. The molecule has 8 heteroatoms. The van der Waals surface area contributed by atoms with Crippen LogP contribution in [0.1, 0.15) is 18.1 Å². The van der Waals surface area contributed by atoms with Gasteiger partial charge in [-0.05, 0) is 66.6 Å². The largest absolute Gasteiger partial charge is 0.495 e. The molecule has 0 fully saturated rings. The molecule has 0 saturated heterocycles. The summed E-state index contributed by atoms with van der Waals surface area (Å²) in [5.41, 5.74) is 3.65. The number of anilines is 1. The lowest BCUT2D eigenvalue weighted by atomic mass is 10.2. The standard InChI is InChI=1S/C19H21N5O2S/c1-12-6-5-7-15(10-12)24-19(21-22-23-24)27-14(3)18(25)20-16-11-13(2)8-9-17(16)26-4/h5-11,14H,1-4H3,(H,20,25). The van der Waals surface area contributed by atoms with Gasteiger partial charge in [-0.2, -0.15) is 4.68 Å². The summed E-state index contributed by atoms with van der Waals surface area (Å²) in [5, 5.41) is 14.9. The minimum Gasteiger partial charge on any atom is -0.495 e. The summed E-state index contributed by atoms with van der Waals surface area (Å²) in [6.07, 6.45) is 0. The van der Waals surface area contributed by atoms with E-state index in [2.05, 4.69) is 20.8 Å². The van der Waals surface area contributed by atoms with E-state index >= 15 is 0 Å². The number of benzene rings is 2. The molecule has 140 valence electrons. The first-order valence-electron chi connectivity index (χ1n) is 8.45. The lowest BCUT2D eigenvalue weighted by molar-refractivity contribution is -0.115. The molecule has 3 aromatic rings. The van der Waals surface area contributed by atoms with Crippen LogP contribution in [0.2, 0.25) is 0 Å². The van der Waals surface area contributed by atoms with Crippen LogP contribution in [-0.4, -0.2) is 38.5 Å². The number of rotatable bonds is 6. The number of carbonyl (C=O) groups excluding carboxylic acids is 1. The highest BCUT2D eigenvalue weighted by molar-refractivity contribution is 8.00. The first-order valence-corrected chi connectivity index (χ1v) is 9.33. The fourth-order valence-corrected chi connectivity index (χ4v) is 3.35. The Morgan fingerprint density at radius 2 is 1.96 bits per heavy atom. The van der Waals surface area contributed by atoms with Crippen molar-refractivity contribution in [1.29, 1.82) is 0 Å². The van der Waals surface area contributed by atoms with E-state index in [1.807, 2.05) is 63.2 Å². The van der Waals surface area contributed by atoms with E-state index in [-0.39, 0.29) is 5.91 Å². The maximum Gasteiger partial charge on any atom is 0.237 e. The second kappa shape index (κ2) is 8.22. The fourth-order valence-electron chi connectivity index (χ4n) is 2.54. The number of tetrazole rings is 1.